The van der Waals surface area contributed by atoms with Crippen molar-refractivity contribution in [3.63, 3.8) is 0 Å². The number of benzene rings is 1. The standard InChI is InChI=1S/C25H28FN5O2S/c1-16-29-23(24(34-16)18-5-8-22(33-4)28-15-18)25(32)31(12-11-30(2)3)10-9-17-14-27-21-7-6-19(26)13-20(17)21/h5-8,13-15,27H,9-12H2,1-4H3. The van der Waals surface area contributed by atoms with Crippen LogP contribution in [0.15, 0.2) is 42.7 Å². The van der Waals surface area contributed by atoms with Gasteiger partial charge in [0.15, 0.2) is 0 Å². The fourth-order valence-electron chi connectivity index (χ4n) is 3.80. The molecule has 1 amide bonds. The number of aromatic nitrogens is 3. The van der Waals surface area contributed by atoms with E-state index in [2.05, 4.69) is 15.0 Å². The Balaban J connectivity index is 1.60. The molecule has 1 aromatic carbocycles. The Hall–Kier alpha value is -3.30. The first kappa shape index (κ1) is 23.8. The zero-order valence-corrected chi connectivity index (χ0v) is 20.6. The highest BCUT2D eigenvalue weighted by molar-refractivity contribution is 7.15. The number of fused-ring (bicyclic) bond motifs is 1. The van der Waals surface area contributed by atoms with E-state index < -0.39 is 0 Å². The SMILES string of the molecule is COc1ccc(-c2sc(C)nc2C(=O)N(CCc2c[nH]c3ccc(F)cc23)CCN(C)C)cn1. The van der Waals surface area contributed by atoms with Gasteiger partial charge in [-0.2, -0.15) is 0 Å². The minimum Gasteiger partial charge on any atom is -0.481 e. The Morgan fingerprint density at radius 1 is 1.18 bits per heavy atom. The van der Waals surface area contributed by atoms with Crippen LogP contribution in [0.25, 0.3) is 21.3 Å². The van der Waals surface area contributed by atoms with Gasteiger partial charge in [-0.1, -0.05) is 0 Å². The maximum absolute atomic E-state index is 13.8. The van der Waals surface area contributed by atoms with Crippen LogP contribution < -0.4 is 4.74 Å². The molecule has 7 nitrogen and oxygen atoms in total. The van der Waals surface area contributed by atoms with Crippen LogP contribution in [-0.4, -0.2) is 71.5 Å². The number of likely N-dealkylation sites (N-methyl/N-ethyl adjacent to an activating group) is 1. The zero-order valence-electron chi connectivity index (χ0n) is 19.8. The summed E-state index contributed by atoms with van der Waals surface area (Å²) in [5.41, 5.74) is 3.12. The Morgan fingerprint density at radius 3 is 2.71 bits per heavy atom. The molecule has 4 rings (SSSR count). The van der Waals surface area contributed by atoms with E-state index in [1.165, 1.54) is 23.5 Å². The van der Waals surface area contributed by atoms with E-state index in [1.54, 1.807) is 25.4 Å². The third kappa shape index (κ3) is 5.26. The van der Waals surface area contributed by atoms with Gasteiger partial charge in [0.1, 0.15) is 11.5 Å². The molecule has 0 aliphatic rings. The second-order valence-corrected chi connectivity index (χ2v) is 9.55. The highest BCUT2D eigenvalue weighted by Crippen LogP contribution is 2.31. The van der Waals surface area contributed by atoms with Gasteiger partial charge in [-0.05, 0) is 57.3 Å². The molecular weight excluding hydrogens is 453 g/mol. The largest absolute Gasteiger partial charge is 0.481 e. The van der Waals surface area contributed by atoms with Gasteiger partial charge in [0.05, 0.1) is 17.0 Å². The number of nitrogens with zero attached hydrogens (tertiary/aromatic N) is 4. The predicted octanol–water partition coefficient (Wildman–Crippen LogP) is 4.39. The molecule has 0 atom stereocenters. The number of hydrogen-bond donors (Lipinski definition) is 1. The maximum atomic E-state index is 13.8. The van der Waals surface area contributed by atoms with Crippen LogP contribution in [0, 0.1) is 12.7 Å². The van der Waals surface area contributed by atoms with Crippen molar-refractivity contribution in [1.82, 2.24) is 24.8 Å². The third-order valence-electron chi connectivity index (χ3n) is 5.63. The van der Waals surface area contributed by atoms with Crippen LogP contribution in [0.3, 0.4) is 0 Å². The smallest absolute Gasteiger partial charge is 0.274 e. The van der Waals surface area contributed by atoms with Gasteiger partial charge in [0.2, 0.25) is 5.88 Å². The minimum atomic E-state index is -0.274. The van der Waals surface area contributed by atoms with Gasteiger partial charge in [-0.15, -0.1) is 11.3 Å². The Bertz CT molecular complexity index is 1280. The lowest BCUT2D eigenvalue weighted by Gasteiger charge is -2.24. The summed E-state index contributed by atoms with van der Waals surface area (Å²) >= 11 is 1.47. The zero-order chi connectivity index (χ0) is 24.2. The first-order valence-electron chi connectivity index (χ1n) is 11.0. The van der Waals surface area contributed by atoms with E-state index in [1.807, 2.05) is 43.1 Å². The van der Waals surface area contributed by atoms with Crippen LogP contribution in [-0.2, 0) is 6.42 Å². The summed E-state index contributed by atoms with van der Waals surface area (Å²) < 4.78 is 19.0. The molecule has 3 heterocycles. The molecule has 0 unspecified atom stereocenters. The molecule has 0 radical (unpaired) electrons. The molecule has 3 aromatic heterocycles. The Morgan fingerprint density at radius 2 is 2.00 bits per heavy atom. The summed E-state index contributed by atoms with van der Waals surface area (Å²) in [5.74, 6) is 0.119. The van der Waals surface area contributed by atoms with Crippen LogP contribution in [0.4, 0.5) is 4.39 Å². The number of nitrogens with one attached hydrogen (secondary N) is 1. The number of rotatable bonds is 9. The Kier molecular flexibility index (Phi) is 7.23. The number of aryl methyl sites for hydroxylation is 1. The van der Waals surface area contributed by atoms with Crippen LogP contribution in [0.2, 0.25) is 0 Å². The predicted molar refractivity (Wildman–Crippen MR) is 133 cm³/mol. The van der Waals surface area contributed by atoms with E-state index in [-0.39, 0.29) is 11.7 Å². The molecule has 0 aliphatic carbocycles. The molecule has 9 heteroatoms. The van der Waals surface area contributed by atoms with Crippen LogP contribution >= 0.6 is 11.3 Å². The van der Waals surface area contributed by atoms with Gasteiger partial charge in [-0.25, -0.2) is 14.4 Å². The molecule has 4 aromatic rings. The first-order valence-corrected chi connectivity index (χ1v) is 11.8. The van der Waals surface area contributed by atoms with E-state index in [4.69, 9.17) is 4.74 Å². The van der Waals surface area contributed by atoms with E-state index in [9.17, 15) is 9.18 Å². The van der Waals surface area contributed by atoms with Crippen LogP contribution in [0.5, 0.6) is 5.88 Å². The summed E-state index contributed by atoms with van der Waals surface area (Å²) in [6, 6.07) is 8.37. The van der Waals surface area contributed by atoms with Crippen molar-refractivity contribution in [1.29, 1.82) is 0 Å². The summed E-state index contributed by atoms with van der Waals surface area (Å²) in [7, 11) is 5.53. The number of hydrogen-bond acceptors (Lipinski definition) is 6. The second kappa shape index (κ2) is 10.3. The van der Waals surface area contributed by atoms with E-state index >= 15 is 0 Å². The summed E-state index contributed by atoms with van der Waals surface area (Å²) in [6.07, 6.45) is 4.19. The second-order valence-electron chi connectivity index (χ2n) is 8.35. The number of ether oxygens (including phenoxy) is 1. The van der Waals surface area contributed by atoms with Crippen molar-refractivity contribution in [2.45, 2.75) is 13.3 Å². The highest BCUT2D eigenvalue weighted by Gasteiger charge is 2.24. The molecule has 0 bridgehead atoms. The average Bonchev–Trinajstić information content (AvgIpc) is 3.41. The normalized spacial score (nSPS) is 11.4. The maximum Gasteiger partial charge on any atom is 0.274 e. The lowest BCUT2D eigenvalue weighted by Crippen LogP contribution is -2.38. The number of pyridine rings is 1. The number of aromatic amines is 1. The molecule has 0 fully saturated rings. The molecule has 1 N–H and O–H groups in total. The summed E-state index contributed by atoms with van der Waals surface area (Å²) in [6.45, 7) is 3.66. The molecule has 178 valence electrons. The number of halogens is 1. The van der Waals surface area contributed by atoms with Gasteiger partial charge in [0, 0.05) is 54.6 Å². The number of thiazole rings is 1. The van der Waals surface area contributed by atoms with Crippen molar-refractivity contribution in [2.75, 3.05) is 40.8 Å². The number of amides is 1. The Labute approximate surface area is 202 Å². The molecule has 0 spiro atoms. The van der Waals surface area contributed by atoms with Gasteiger partial charge < -0.3 is 19.5 Å². The quantitative estimate of drug-likeness (QED) is 0.384. The van der Waals surface area contributed by atoms with E-state index in [0.717, 1.165) is 38.5 Å². The molecule has 0 saturated carbocycles. The van der Waals surface area contributed by atoms with Crippen molar-refractivity contribution in [3.8, 4) is 16.3 Å². The van der Waals surface area contributed by atoms with Crippen molar-refractivity contribution in [2.24, 2.45) is 0 Å². The molecule has 0 saturated heterocycles. The van der Waals surface area contributed by atoms with Crippen molar-refractivity contribution in [3.05, 3.63) is 64.8 Å². The van der Waals surface area contributed by atoms with Gasteiger partial charge >= 0.3 is 0 Å². The number of carbonyl (C=O) groups excluding carboxylic acids is 1. The van der Waals surface area contributed by atoms with Gasteiger partial charge in [0.25, 0.3) is 5.91 Å². The minimum absolute atomic E-state index is 0.122. The number of methoxy groups -OCH3 is 1. The van der Waals surface area contributed by atoms with E-state index in [0.29, 0.717) is 31.1 Å². The highest BCUT2D eigenvalue weighted by atomic mass is 32.1. The number of H-pyrrole nitrogens is 1. The van der Waals surface area contributed by atoms with Crippen LogP contribution in [0.1, 0.15) is 21.1 Å². The average molecular weight is 482 g/mol. The lowest BCUT2D eigenvalue weighted by atomic mass is 10.1. The fourth-order valence-corrected chi connectivity index (χ4v) is 4.70. The summed E-state index contributed by atoms with van der Waals surface area (Å²) in [5, 5.41) is 1.66. The molecular formula is C25H28FN5O2S. The first-order chi connectivity index (χ1) is 16.4. The third-order valence-corrected chi connectivity index (χ3v) is 6.65. The molecule has 34 heavy (non-hydrogen) atoms. The van der Waals surface area contributed by atoms with Crippen molar-refractivity contribution >= 4 is 28.1 Å². The summed E-state index contributed by atoms with van der Waals surface area (Å²) in [4.78, 5) is 30.4. The number of carbonyl (C=O) groups is 1. The lowest BCUT2D eigenvalue weighted by molar-refractivity contribution is 0.0742. The monoisotopic (exact) mass is 481 g/mol. The molecule has 0 aliphatic heterocycles. The van der Waals surface area contributed by atoms with Gasteiger partial charge in [-0.3, -0.25) is 4.79 Å². The fraction of sp³-hybridized carbons (Fsp3) is 0.320. The van der Waals surface area contributed by atoms with Crippen molar-refractivity contribution < 1.29 is 13.9 Å². The topological polar surface area (TPSA) is 74.3 Å².